The second kappa shape index (κ2) is 6.97. The standard InChI is InChI=1S/C17H13ClN4O2/c18-12-3-7-14(8-4-12)20-16-10-9-15(21-22-16)19-13-5-1-11(2-6-13)17(23)24/h1-10H,(H,19,21)(H,20,22)(H,23,24). The fourth-order valence-electron chi connectivity index (χ4n) is 1.99. The summed E-state index contributed by atoms with van der Waals surface area (Å²) in [4.78, 5) is 10.8. The molecule has 0 radical (unpaired) electrons. The van der Waals surface area contributed by atoms with E-state index in [0.29, 0.717) is 16.7 Å². The number of carboxylic acid groups (broad SMARTS) is 1. The van der Waals surface area contributed by atoms with Crippen LogP contribution in [0.25, 0.3) is 0 Å². The summed E-state index contributed by atoms with van der Waals surface area (Å²) in [5.74, 6) is 0.197. The number of carboxylic acids is 1. The molecule has 0 atom stereocenters. The van der Waals surface area contributed by atoms with Crippen molar-refractivity contribution < 1.29 is 9.90 Å². The number of aromatic carboxylic acids is 1. The number of hydrogen-bond acceptors (Lipinski definition) is 5. The van der Waals surface area contributed by atoms with Crippen LogP contribution >= 0.6 is 11.6 Å². The molecule has 3 rings (SSSR count). The molecule has 7 heteroatoms. The van der Waals surface area contributed by atoms with Gasteiger partial charge in [0.2, 0.25) is 0 Å². The van der Waals surface area contributed by atoms with E-state index in [-0.39, 0.29) is 5.56 Å². The van der Waals surface area contributed by atoms with Crippen LogP contribution in [0.4, 0.5) is 23.0 Å². The number of hydrogen-bond donors (Lipinski definition) is 3. The highest BCUT2D eigenvalue weighted by Gasteiger charge is 2.03. The van der Waals surface area contributed by atoms with Crippen molar-refractivity contribution in [2.24, 2.45) is 0 Å². The molecule has 0 spiro atoms. The highest BCUT2D eigenvalue weighted by molar-refractivity contribution is 6.30. The molecule has 0 fully saturated rings. The maximum absolute atomic E-state index is 10.8. The van der Waals surface area contributed by atoms with E-state index < -0.39 is 5.97 Å². The van der Waals surface area contributed by atoms with Crippen molar-refractivity contribution in [3.05, 3.63) is 71.2 Å². The van der Waals surface area contributed by atoms with Gasteiger partial charge in [-0.1, -0.05) is 11.6 Å². The van der Waals surface area contributed by atoms with Crippen LogP contribution in [0, 0.1) is 0 Å². The number of carbonyl (C=O) groups is 1. The number of rotatable bonds is 5. The van der Waals surface area contributed by atoms with Crippen LogP contribution in [0.2, 0.25) is 5.02 Å². The third-order valence-corrected chi connectivity index (χ3v) is 3.44. The quantitative estimate of drug-likeness (QED) is 0.641. The van der Waals surface area contributed by atoms with Gasteiger partial charge in [-0.05, 0) is 60.7 Å². The monoisotopic (exact) mass is 340 g/mol. The molecular formula is C17H13ClN4O2. The van der Waals surface area contributed by atoms with Crippen LogP contribution in [-0.2, 0) is 0 Å². The predicted molar refractivity (Wildman–Crippen MR) is 93.5 cm³/mol. The van der Waals surface area contributed by atoms with Crippen molar-refractivity contribution in [3.63, 3.8) is 0 Å². The van der Waals surface area contributed by atoms with Gasteiger partial charge in [0.1, 0.15) is 0 Å². The maximum atomic E-state index is 10.8. The Morgan fingerprint density at radius 2 is 1.25 bits per heavy atom. The normalized spacial score (nSPS) is 10.2. The first-order valence-corrected chi connectivity index (χ1v) is 7.45. The van der Waals surface area contributed by atoms with Crippen molar-refractivity contribution in [1.82, 2.24) is 10.2 Å². The average molecular weight is 341 g/mol. The average Bonchev–Trinajstić information content (AvgIpc) is 2.59. The zero-order valence-electron chi connectivity index (χ0n) is 12.4. The molecule has 1 aromatic heterocycles. The molecule has 1 heterocycles. The summed E-state index contributed by atoms with van der Waals surface area (Å²) in [5, 5.41) is 23.9. The maximum Gasteiger partial charge on any atom is 0.335 e. The molecule has 0 unspecified atom stereocenters. The van der Waals surface area contributed by atoms with Gasteiger partial charge in [0.05, 0.1) is 5.56 Å². The zero-order chi connectivity index (χ0) is 16.9. The summed E-state index contributed by atoms with van der Waals surface area (Å²) in [6.45, 7) is 0. The zero-order valence-corrected chi connectivity index (χ0v) is 13.2. The Kier molecular flexibility index (Phi) is 4.58. The van der Waals surface area contributed by atoms with E-state index in [1.54, 1.807) is 36.4 Å². The van der Waals surface area contributed by atoms with E-state index >= 15 is 0 Å². The largest absolute Gasteiger partial charge is 0.478 e. The predicted octanol–water partition coefficient (Wildman–Crippen LogP) is 4.32. The van der Waals surface area contributed by atoms with Crippen LogP contribution in [-0.4, -0.2) is 21.3 Å². The van der Waals surface area contributed by atoms with E-state index in [0.717, 1.165) is 11.4 Å². The van der Waals surface area contributed by atoms with E-state index in [2.05, 4.69) is 20.8 Å². The third-order valence-electron chi connectivity index (χ3n) is 3.19. The number of nitrogens with one attached hydrogen (secondary N) is 2. The number of nitrogens with zero attached hydrogens (tertiary/aromatic N) is 2. The van der Waals surface area contributed by atoms with Gasteiger partial charge in [-0.15, -0.1) is 10.2 Å². The number of aromatic nitrogens is 2. The summed E-state index contributed by atoms with van der Waals surface area (Å²) < 4.78 is 0. The van der Waals surface area contributed by atoms with E-state index in [9.17, 15) is 4.79 Å². The van der Waals surface area contributed by atoms with Gasteiger partial charge >= 0.3 is 5.97 Å². The Hall–Kier alpha value is -3.12. The van der Waals surface area contributed by atoms with Crippen LogP contribution in [0.15, 0.2) is 60.7 Å². The fourth-order valence-corrected chi connectivity index (χ4v) is 2.12. The van der Waals surface area contributed by atoms with E-state index in [4.69, 9.17) is 16.7 Å². The van der Waals surface area contributed by atoms with Gasteiger partial charge in [-0.3, -0.25) is 0 Å². The minimum absolute atomic E-state index is 0.231. The first-order chi connectivity index (χ1) is 11.6. The summed E-state index contributed by atoms with van der Waals surface area (Å²) >= 11 is 5.84. The Labute approximate surface area is 143 Å². The molecule has 6 nitrogen and oxygen atoms in total. The van der Waals surface area contributed by atoms with Gasteiger partial charge in [0.25, 0.3) is 0 Å². The van der Waals surface area contributed by atoms with Crippen LogP contribution in [0.3, 0.4) is 0 Å². The van der Waals surface area contributed by atoms with Crippen LogP contribution < -0.4 is 10.6 Å². The van der Waals surface area contributed by atoms with Gasteiger partial charge in [0.15, 0.2) is 11.6 Å². The van der Waals surface area contributed by atoms with Crippen LogP contribution in [0.1, 0.15) is 10.4 Å². The molecule has 0 amide bonds. The molecule has 0 aliphatic heterocycles. The minimum atomic E-state index is -0.959. The van der Waals surface area contributed by atoms with E-state index in [1.165, 1.54) is 12.1 Å². The lowest BCUT2D eigenvalue weighted by Crippen LogP contribution is -2.00. The molecule has 24 heavy (non-hydrogen) atoms. The highest BCUT2D eigenvalue weighted by atomic mass is 35.5. The molecule has 0 aliphatic carbocycles. The van der Waals surface area contributed by atoms with Crippen molar-refractivity contribution in [3.8, 4) is 0 Å². The van der Waals surface area contributed by atoms with Crippen molar-refractivity contribution in [1.29, 1.82) is 0 Å². The summed E-state index contributed by atoms with van der Waals surface area (Å²) in [6, 6.07) is 17.2. The van der Waals surface area contributed by atoms with Crippen molar-refractivity contribution >= 4 is 40.6 Å². The minimum Gasteiger partial charge on any atom is -0.478 e. The molecule has 2 aromatic carbocycles. The second-order valence-corrected chi connectivity index (χ2v) is 5.38. The lowest BCUT2D eigenvalue weighted by Gasteiger charge is -2.07. The molecule has 0 saturated heterocycles. The lowest BCUT2D eigenvalue weighted by atomic mass is 10.2. The topological polar surface area (TPSA) is 87.1 Å². The molecule has 0 saturated carbocycles. The summed E-state index contributed by atoms with van der Waals surface area (Å²) in [5.41, 5.74) is 1.82. The molecule has 3 aromatic rings. The van der Waals surface area contributed by atoms with E-state index in [1.807, 2.05) is 12.1 Å². The van der Waals surface area contributed by atoms with Crippen molar-refractivity contribution in [2.75, 3.05) is 10.6 Å². The van der Waals surface area contributed by atoms with Gasteiger partial charge in [-0.2, -0.15) is 0 Å². The highest BCUT2D eigenvalue weighted by Crippen LogP contribution is 2.19. The Bertz CT molecular complexity index is 834. The second-order valence-electron chi connectivity index (χ2n) is 4.94. The first-order valence-electron chi connectivity index (χ1n) is 7.07. The molecule has 120 valence electrons. The van der Waals surface area contributed by atoms with Gasteiger partial charge in [0, 0.05) is 16.4 Å². The number of halogens is 1. The Morgan fingerprint density at radius 3 is 1.67 bits per heavy atom. The molecular weight excluding hydrogens is 328 g/mol. The molecule has 0 aliphatic rings. The Balaban J connectivity index is 1.65. The molecule has 0 bridgehead atoms. The summed E-state index contributed by atoms with van der Waals surface area (Å²) in [6.07, 6.45) is 0. The van der Waals surface area contributed by atoms with Crippen LogP contribution in [0.5, 0.6) is 0 Å². The Morgan fingerprint density at radius 1 is 0.792 bits per heavy atom. The van der Waals surface area contributed by atoms with Crippen molar-refractivity contribution in [2.45, 2.75) is 0 Å². The fraction of sp³-hybridized carbons (Fsp3) is 0. The first kappa shape index (κ1) is 15.8. The molecule has 3 N–H and O–H groups in total. The number of benzene rings is 2. The number of anilines is 4. The van der Waals surface area contributed by atoms with Gasteiger partial charge < -0.3 is 15.7 Å². The SMILES string of the molecule is O=C(O)c1ccc(Nc2ccc(Nc3ccc(Cl)cc3)nn2)cc1. The third kappa shape index (κ3) is 3.99. The lowest BCUT2D eigenvalue weighted by molar-refractivity contribution is 0.0697. The van der Waals surface area contributed by atoms with Gasteiger partial charge in [-0.25, -0.2) is 4.79 Å². The summed E-state index contributed by atoms with van der Waals surface area (Å²) in [7, 11) is 0. The smallest absolute Gasteiger partial charge is 0.335 e.